The highest BCUT2D eigenvalue weighted by molar-refractivity contribution is 5.55. The lowest BCUT2D eigenvalue weighted by molar-refractivity contribution is 0.553. The number of rotatable bonds is 5. The molecule has 2 aromatic rings. The summed E-state index contributed by atoms with van der Waals surface area (Å²) >= 11 is 0. The van der Waals surface area contributed by atoms with Crippen LogP contribution in [-0.4, -0.2) is 18.6 Å². The minimum absolute atomic E-state index is 0.300. The van der Waals surface area contributed by atoms with Crippen LogP contribution in [0.5, 0.6) is 0 Å². The molecule has 0 amide bonds. The predicted octanol–water partition coefficient (Wildman–Crippen LogP) is 2.69. The van der Waals surface area contributed by atoms with Gasteiger partial charge in [-0.2, -0.15) is 4.98 Å². The number of anilines is 2. The summed E-state index contributed by atoms with van der Waals surface area (Å²) < 4.78 is 19.0. The van der Waals surface area contributed by atoms with Crippen LogP contribution in [0.15, 0.2) is 34.9 Å². The number of halogens is 1. The van der Waals surface area contributed by atoms with Crippen LogP contribution >= 0.6 is 0 Å². The lowest BCUT2D eigenvalue weighted by Gasteiger charge is -2.14. The lowest BCUT2D eigenvalue weighted by atomic mass is 10.3. The molecule has 0 radical (unpaired) electrons. The molecule has 0 unspecified atom stereocenters. The Kier molecular flexibility index (Phi) is 3.94. The molecule has 0 atom stereocenters. The Morgan fingerprint density at radius 1 is 1.39 bits per heavy atom. The zero-order valence-electron chi connectivity index (χ0n) is 10.5. The predicted molar refractivity (Wildman–Crippen MR) is 68.3 cm³/mol. The molecule has 1 aromatic carbocycles. The van der Waals surface area contributed by atoms with Crippen LogP contribution in [0.1, 0.15) is 12.6 Å². The summed E-state index contributed by atoms with van der Waals surface area (Å²) in [6.45, 7) is 3.53. The van der Waals surface area contributed by atoms with Crippen molar-refractivity contribution < 1.29 is 8.81 Å². The van der Waals surface area contributed by atoms with Gasteiger partial charge in [-0.25, -0.2) is 4.39 Å². The van der Waals surface area contributed by atoms with Gasteiger partial charge in [0.15, 0.2) is 0 Å². The molecule has 0 saturated heterocycles. The molecule has 5 heteroatoms. The summed E-state index contributed by atoms with van der Waals surface area (Å²) in [5.74, 6) is -0.300. The summed E-state index contributed by atoms with van der Waals surface area (Å²) in [6, 6.07) is 6.90. The number of benzene rings is 1. The van der Waals surface area contributed by atoms with E-state index in [1.807, 2.05) is 6.92 Å². The third-order valence-electron chi connectivity index (χ3n) is 2.60. The normalized spacial score (nSPS) is 10.6. The lowest BCUT2D eigenvalue weighted by Crippen LogP contribution is -2.13. The van der Waals surface area contributed by atoms with E-state index in [0.29, 0.717) is 18.2 Å². The van der Waals surface area contributed by atoms with Crippen molar-refractivity contribution >= 4 is 11.7 Å². The van der Waals surface area contributed by atoms with Crippen LogP contribution in [0.4, 0.5) is 16.1 Å². The molecule has 1 N–H and O–H groups in total. The number of para-hydroxylation sites is 1. The minimum atomic E-state index is -0.300. The highest BCUT2D eigenvalue weighted by Crippen LogP contribution is 2.25. The van der Waals surface area contributed by atoms with Crippen molar-refractivity contribution in [1.82, 2.24) is 10.3 Å². The maximum atomic E-state index is 13.6. The van der Waals surface area contributed by atoms with Gasteiger partial charge in [0.2, 0.25) is 0 Å². The topological polar surface area (TPSA) is 41.3 Å². The van der Waals surface area contributed by atoms with Crippen molar-refractivity contribution in [2.24, 2.45) is 0 Å². The number of nitrogens with one attached hydrogen (secondary N) is 1. The highest BCUT2D eigenvalue weighted by atomic mass is 19.1. The van der Waals surface area contributed by atoms with E-state index in [-0.39, 0.29) is 5.82 Å². The third kappa shape index (κ3) is 2.68. The molecule has 96 valence electrons. The van der Waals surface area contributed by atoms with Crippen LogP contribution in [0.25, 0.3) is 0 Å². The van der Waals surface area contributed by atoms with Crippen LogP contribution in [0.2, 0.25) is 0 Å². The molecule has 2 rings (SSSR count). The van der Waals surface area contributed by atoms with Gasteiger partial charge in [-0.05, 0) is 18.7 Å². The van der Waals surface area contributed by atoms with E-state index in [2.05, 4.69) is 10.3 Å². The van der Waals surface area contributed by atoms with Gasteiger partial charge in [0.1, 0.15) is 12.1 Å². The fourth-order valence-corrected chi connectivity index (χ4v) is 1.61. The first-order chi connectivity index (χ1) is 8.72. The van der Waals surface area contributed by atoms with Crippen LogP contribution in [0.3, 0.4) is 0 Å². The third-order valence-corrected chi connectivity index (χ3v) is 2.60. The van der Waals surface area contributed by atoms with Gasteiger partial charge in [-0.1, -0.05) is 19.1 Å². The molecule has 0 bridgehead atoms. The average Bonchev–Trinajstić information content (AvgIpc) is 2.85. The minimum Gasteiger partial charge on any atom is -0.431 e. The zero-order chi connectivity index (χ0) is 13.0. The number of hydrogen-bond acceptors (Lipinski definition) is 4. The first kappa shape index (κ1) is 12.6. The summed E-state index contributed by atoms with van der Waals surface area (Å²) in [5.41, 5.74) is 1.24. The van der Waals surface area contributed by atoms with Crippen molar-refractivity contribution in [3.8, 4) is 0 Å². The fraction of sp³-hybridized carbons (Fsp3) is 0.308. The van der Waals surface area contributed by atoms with Gasteiger partial charge >= 0.3 is 6.01 Å². The Morgan fingerprint density at radius 3 is 2.89 bits per heavy atom. The van der Waals surface area contributed by atoms with E-state index in [0.717, 1.165) is 12.2 Å². The van der Waals surface area contributed by atoms with Crippen molar-refractivity contribution in [2.45, 2.75) is 13.5 Å². The molecule has 0 aliphatic heterocycles. The Labute approximate surface area is 105 Å². The first-order valence-corrected chi connectivity index (χ1v) is 5.85. The van der Waals surface area contributed by atoms with Gasteiger partial charge in [0.05, 0.1) is 11.4 Å². The van der Waals surface area contributed by atoms with Crippen molar-refractivity contribution in [3.05, 3.63) is 42.0 Å². The second-order valence-corrected chi connectivity index (χ2v) is 3.91. The van der Waals surface area contributed by atoms with E-state index >= 15 is 0 Å². The second-order valence-electron chi connectivity index (χ2n) is 3.91. The number of oxazole rings is 1. The molecule has 0 saturated carbocycles. The Morgan fingerprint density at radius 2 is 2.17 bits per heavy atom. The second kappa shape index (κ2) is 5.64. The molecule has 1 aromatic heterocycles. The highest BCUT2D eigenvalue weighted by Gasteiger charge is 2.13. The van der Waals surface area contributed by atoms with Gasteiger partial charge < -0.3 is 9.73 Å². The summed E-state index contributed by atoms with van der Waals surface area (Å²) in [6.07, 6.45) is 1.58. The molecule has 0 aliphatic carbocycles. The van der Waals surface area contributed by atoms with Crippen molar-refractivity contribution in [3.63, 3.8) is 0 Å². The summed E-state index contributed by atoms with van der Waals surface area (Å²) in [5, 5.41) is 3.15. The Hall–Kier alpha value is -1.88. The van der Waals surface area contributed by atoms with E-state index in [9.17, 15) is 4.39 Å². The molecule has 0 spiro atoms. The van der Waals surface area contributed by atoms with Gasteiger partial charge in [0, 0.05) is 13.6 Å². The quantitative estimate of drug-likeness (QED) is 0.884. The zero-order valence-corrected chi connectivity index (χ0v) is 10.5. The van der Waals surface area contributed by atoms with E-state index in [4.69, 9.17) is 4.42 Å². The van der Waals surface area contributed by atoms with Crippen LogP contribution in [0, 0.1) is 5.82 Å². The van der Waals surface area contributed by atoms with Crippen molar-refractivity contribution in [1.29, 1.82) is 0 Å². The van der Waals surface area contributed by atoms with Gasteiger partial charge in [-0.15, -0.1) is 0 Å². The van der Waals surface area contributed by atoms with Crippen molar-refractivity contribution in [2.75, 3.05) is 18.5 Å². The largest absolute Gasteiger partial charge is 0.431 e. The van der Waals surface area contributed by atoms with Gasteiger partial charge in [0.25, 0.3) is 0 Å². The van der Waals surface area contributed by atoms with E-state index in [1.165, 1.54) is 6.07 Å². The molecule has 1 heterocycles. The molecule has 0 fully saturated rings. The monoisotopic (exact) mass is 249 g/mol. The number of nitrogens with zero attached hydrogens (tertiary/aromatic N) is 2. The number of aromatic nitrogens is 1. The van der Waals surface area contributed by atoms with Crippen LogP contribution < -0.4 is 10.2 Å². The molecular formula is C13H16FN3O. The summed E-state index contributed by atoms with van der Waals surface area (Å²) in [7, 11) is 1.72. The first-order valence-electron chi connectivity index (χ1n) is 5.85. The smallest absolute Gasteiger partial charge is 0.301 e. The molecule has 0 aliphatic rings. The summed E-state index contributed by atoms with van der Waals surface area (Å²) in [4.78, 5) is 5.88. The van der Waals surface area contributed by atoms with E-state index in [1.54, 1.807) is 36.4 Å². The molecular weight excluding hydrogens is 233 g/mol. The standard InChI is InChI=1S/C13H16FN3O/c1-3-15-8-10-9-18-13(16-10)17(2)12-7-5-4-6-11(12)14/h4-7,9,15H,3,8H2,1-2H3. The fourth-order valence-electron chi connectivity index (χ4n) is 1.61. The van der Waals surface area contributed by atoms with Crippen LogP contribution in [-0.2, 0) is 6.54 Å². The SMILES string of the molecule is CCNCc1coc(N(C)c2ccccc2F)n1. The van der Waals surface area contributed by atoms with Gasteiger partial charge in [-0.3, -0.25) is 4.90 Å². The van der Waals surface area contributed by atoms with E-state index < -0.39 is 0 Å². The number of hydrogen-bond donors (Lipinski definition) is 1. The Balaban J connectivity index is 2.16. The average molecular weight is 249 g/mol. The molecule has 18 heavy (non-hydrogen) atoms. The molecule has 4 nitrogen and oxygen atoms in total. The maximum Gasteiger partial charge on any atom is 0.301 e. The Bertz CT molecular complexity index is 512. The maximum absolute atomic E-state index is 13.6.